The SMILES string of the molecule is NCCc1ccc2c(Cl)noc2c1. The lowest BCUT2D eigenvalue weighted by Crippen LogP contribution is -2.02. The van der Waals surface area contributed by atoms with Crippen LogP contribution in [0.25, 0.3) is 11.0 Å². The van der Waals surface area contributed by atoms with Gasteiger partial charge in [-0.2, -0.15) is 0 Å². The van der Waals surface area contributed by atoms with Crippen LogP contribution in [0.3, 0.4) is 0 Å². The zero-order valence-electron chi connectivity index (χ0n) is 6.96. The summed E-state index contributed by atoms with van der Waals surface area (Å²) < 4.78 is 5.01. The van der Waals surface area contributed by atoms with Gasteiger partial charge in [-0.15, -0.1) is 0 Å². The van der Waals surface area contributed by atoms with Gasteiger partial charge in [-0.25, -0.2) is 0 Å². The summed E-state index contributed by atoms with van der Waals surface area (Å²) in [5.41, 5.74) is 7.30. The standard InChI is InChI=1S/C9H9ClN2O/c10-9-7-2-1-6(3-4-11)5-8(7)13-12-9/h1-2,5H,3-4,11H2. The fourth-order valence-corrected chi connectivity index (χ4v) is 1.46. The molecule has 0 aliphatic heterocycles. The van der Waals surface area contributed by atoms with E-state index in [9.17, 15) is 0 Å². The van der Waals surface area contributed by atoms with Gasteiger partial charge in [0.05, 0.1) is 5.39 Å². The second-order valence-corrected chi connectivity index (χ2v) is 3.20. The van der Waals surface area contributed by atoms with Crippen LogP contribution in [0.4, 0.5) is 0 Å². The predicted molar refractivity (Wildman–Crippen MR) is 51.8 cm³/mol. The van der Waals surface area contributed by atoms with Crippen LogP contribution in [-0.2, 0) is 6.42 Å². The van der Waals surface area contributed by atoms with Gasteiger partial charge in [0, 0.05) is 0 Å². The van der Waals surface area contributed by atoms with Gasteiger partial charge < -0.3 is 10.3 Å². The summed E-state index contributed by atoms with van der Waals surface area (Å²) in [7, 11) is 0. The van der Waals surface area contributed by atoms with E-state index >= 15 is 0 Å². The van der Waals surface area contributed by atoms with Gasteiger partial charge in [0.15, 0.2) is 10.7 Å². The molecule has 0 unspecified atom stereocenters. The van der Waals surface area contributed by atoms with Crippen LogP contribution in [0.15, 0.2) is 22.7 Å². The number of hydrogen-bond acceptors (Lipinski definition) is 3. The lowest BCUT2D eigenvalue weighted by atomic mass is 10.1. The second-order valence-electron chi connectivity index (χ2n) is 2.84. The molecule has 0 saturated carbocycles. The fourth-order valence-electron chi connectivity index (χ4n) is 1.27. The van der Waals surface area contributed by atoms with Crippen molar-refractivity contribution < 1.29 is 4.52 Å². The van der Waals surface area contributed by atoms with Gasteiger partial charge in [-0.3, -0.25) is 0 Å². The minimum atomic E-state index is 0.411. The first kappa shape index (κ1) is 8.53. The van der Waals surface area contributed by atoms with Gasteiger partial charge in [0.25, 0.3) is 0 Å². The predicted octanol–water partition coefficient (Wildman–Crippen LogP) is 1.98. The summed E-state index contributed by atoms with van der Waals surface area (Å²) in [6, 6.07) is 5.80. The molecule has 0 saturated heterocycles. The Balaban J connectivity index is 2.50. The van der Waals surface area contributed by atoms with Crippen molar-refractivity contribution in [2.45, 2.75) is 6.42 Å². The lowest BCUT2D eigenvalue weighted by molar-refractivity contribution is 0.456. The van der Waals surface area contributed by atoms with E-state index in [1.54, 1.807) is 0 Å². The van der Waals surface area contributed by atoms with E-state index < -0.39 is 0 Å². The average Bonchev–Trinajstić information content (AvgIpc) is 2.48. The zero-order chi connectivity index (χ0) is 9.26. The van der Waals surface area contributed by atoms with Crippen molar-refractivity contribution in [1.29, 1.82) is 0 Å². The van der Waals surface area contributed by atoms with Gasteiger partial charge in [0.1, 0.15) is 0 Å². The first-order chi connectivity index (χ1) is 6.31. The smallest absolute Gasteiger partial charge is 0.179 e. The molecule has 1 heterocycles. The highest BCUT2D eigenvalue weighted by molar-refractivity contribution is 6.34. The third-order valence-corrected chi connectivity index (χ3v) is 2.20. The Hall–Kier alpha value is -1.06. The van der Waals surface area contributed by atoms with Crippen LogP contribution >= 0.6 is 11.6 Å². The van der Waals surface area contributed by atoms with Crippen LogP contribution in [0.5, 0.6) is 0 Å². The fraction of sp³-hybridized carbons (Fsp3) is 0.222. The zero-order valence-corrected chi connectivity index (χ0v) is 7.71. The molecule has 0 amide bonds. The highest BCUT2D eigenvalue weighted by Crippen LogP contribution is 2.23. The second kappa shape index (κ2) is 3.36. The molecule has 3 nitrogen and oxygen atoms in total. The van der Waals surface area contributed by atoms with E-state index in [1.165, 1.54) is 0 Å². The van der Waals surface area contributed by atoms with Crippen molar-refractivity contribution in [2.24, 2.45) is 5.73 Å². The molecule has 4 heteroatoms. The van der Waals surface area contributed by atoms with Gasteiger partial charge in [-0.1, -0.05) is 22.8 Å². The number of hydrogen-bond donors (Lipinski definition) is 1. The van der Waals surface area contributed by atoms with E-state index in [0.29, 0.717) is 11.7 Å². The summed E-state index contributed by atoms with van der Waals surface area (Å²) in [5, 5.41) is 4.92. The number of aromatic nitrogens is 1. The Bertz CT molecular complexity index is 424. The average molecular weight is 197 g/mol. The van der Waals surface area contributed by atoms with E-state index in [2.05, 4.69) is 5.16 Å². The maximum absolute atomic E-state index is 5.77. The van der Waals surface area contributed by atoms with E-state index in [4.69, 9.17) is 21.9 Å². The van der Waals surface area contributed by atoms with Crippen molar-refractivity contribution in [3.05, 3.63) is 28.9 Å². The summed E-state index contributed by atoms with van der Waals surface area (Å²) in [5.74, 6) is 0. The molecule has 1 aromatic heterocycles. The number of rotatable bonds is 2. The Morgan fingerprint density at radius 3 is 3.08 bits per heavy atom. The van der Waals surface area contributed by atoms with Crippen LogP contribution < -0.4 is 5.73 Å². The molecule has 0 radical (unpaired) electrons. The van der Waals surface area contributed by atoms with Gasteiger partial charge in [-0.05, 0) is 30.7 Å². The molecular weight excluding hydrogens is 188 g/mol. The van der Waals surface area contributed by atoms with E-state index in [1.807, 2.05) is 18.2 Å². The minimum Gasteiger partial charge on any atom is -0.355 e. The van der Waals surface area contributed by atoms with E-state index in [-0.39, 0.29) is 0 Å². The van der Waals surface area contributed by atoms with Crippen LogP contribution in [0.2, 0.25) is 5.15 Å². The normalized spacial score (nSPS) is 10.9. The van der Waals surface area contributed by atoms with Crippen LogP contribution in [0, 0.1) is 0 Å². The highest BCUT2D eigenvalue weighted by atomic mass is 35.5. The van der Waals surface area contributed by atoms with Gasteiger partial charge in [0.2, 0.25) is 0 Å². The summed E-state index contributed by atoms with van der Waals surface area (Å²) in [6.45, 7) is 0.632. The molecule has 1 aromatic carbocycles. The molecule has 2 N–H and O–H groups in total. The molecule has 0 atom stereocenters. The quantitative estimate of drug-likeness (QED) is 0.799. The molecule has 0 spiro atoms. The number of nitrogens with zero attached hydrogens (tertiary/aromatic N) is 1. The van der Waals surface area contributed by atoms with Gasteiger partial charge >= 0.3 is 0 Å². The molecule has 0 aliphatic carbocycles. The minimum absolute atomic E-state index is 0.411. The highest BCUT2D eigenvalue weighted by Gasteiger charge is 2.05. The maximum atomic E-state index is 5.77. The van der Waals surface area contributed by atoms with E-state index in [0.717, 1.165) is 23.0 Å². The van der Waals surface area contributed by atoms with Crippen LogP contribution in [0.1, 0.15) is 5.56 Å². The summed E-state index contributed by atoms with van der Waals surface area (Å²) in [4.78, 5) is 0. The molecular formula is C9H9ClN2O. The number of nitrogens with two attached hydrogens (primary N) is 1. The van der Waals surface area contributed by atoms with Crippen molar-refractivity contribution in [2.75, 3.05) is 6.54 Å². The molecule has 0 bridgehead atoms. The molecule has 13 heavy (non-hydrogen) atoms. The van der Waals surface area contributed by atoms with Crippen molar-refractivity contribution in [3.8, 4) is 0 Å². The number of halogens is 1. The summed E-state index contributed by atoms with van der Waals surface area (Å²) >= 11 is 5.77. The molecule has 0 aliphatic rings. The van der Waals surface area contributed by atoms with Crippen molar-refractivity contribution in [3.63, 3.8) is 0 Å². The third-order valence-electron chi connectivity index (χ3n) is 1.93. The first-order valence-corrected chi connectivity index (χ1v) is 4.43. The Kier molecular flexibility index (Phi) is 2.20. The lowest BCUT2D eigenvalue weighted by Gasteiger charge is -1.96. The van der Waals surface area contributed by atoms with Crippen molar-refractivity contribution >= 4 is 22.6 Å². The third kappa shape index (κ3) is 1.53. The maximum Gasteiger partial charge on any atom is 0.179 e. The van der Waals surface area contributed by atoms with Crippen molar-refractivity contribution in [1.82, 2.24) is 5.16 Å². The number of benzene rings is 1. The molecule has 2 rings (SSSR count). The monoisotopic (exact) mass is 196 g/mol. The topological polar surface area (TPSA) is 52.0 Å². The largest absolute Gasteiger partial charge is 0.355 e. The Morgan fingerprint density at radius 2 is 2.31 bits per heavy atom. The summed E-state index contributed by atoms with van der Waals surface area (Å²) in [6.07, 6.45) is 0.842. The molecule has 68 valence electrons. The molecule has 2 aromatic rings. The Labute approximate surface area is 80.5 Å². The number of fused-ring (bicyclic) bond motifs is 1. The first-order valence-electron chi connectivity index (χ1n) is 4.05. The molecule has 0 fully saturated rings. The van der Waals surface area contributed by atoms with Crippen LogP contribution in [-0.4, -0.2) is 11.7 Å². The Morgan fingerprint density at radius 1 is 1.46 bits per heavy atom.